The molecule has 0 fully saturated rings. The van der Waals surface area contributed by atoms with Gasteiger partial charge in [-0.3, -0.25) is 0 Å². The molecule has 2 nitrogen and oxygen atoms in total. The summed E-state index contributed by atoms with van der Waals surface area (Å²) in [5.41, 5.74) is 5.29. The SMILES string of the molecule is Cc1cccc(-c2c[nH]cc2C#N)c1C.[V]. The number of nitrogens with one attached hydrogen (secondary N) is 1. The molecule has 1 N–H and O–H groups in total. The molecule has 0 spiro atoms. The summed E-state index contributed by atoms with van der Waals surface area (Å²) < 4.78 is 0. The van der Waals surface area contributed by atoms with Crippen molar-refractivity contribution in [3.8, 4) is 17.2 Å². The van der Waals surface area contributed by atoms with Crippen LogP contribution in [0.1, 0.15) is 16.7 Å². The third kappa shape index (κ3) is 2.06. The van der Waals surface area contributed by atoms with E-state index in [1.807, 2.05) is 18.3 Å². The number of nitrogens with zero attached hydrogens (tertiary/aromatic N) is 1. The third-order valence-corrected chi connectivity index (χ3v) is 2.76. The van der Waals surface area contributed by atoms with Crippen LogP contribution in [0.2, 0.25) is 0 Å². The van der Waals surface area contributed by atoms with Crippen LogP contribution in [0.4, 0.5) is 0 Å². The van der Waals surface area contributed by atoms with Gasteiger partial charge in [0.15, 0.2) is 0 Å². The maximum Gasteiger partial charge on any atom is 0.101 e. The van der Waals surface area contributed by atoms with Crippen LogP contribution in [-0.2, 0) is 18.6 Å². The molecule has 16 heavy (non-hydrogen) atoms. The number of aromatic amines is 1. The summed E-state index contributed by atoms with van der Waals surface area (Å²) in [5.74, 6) is 0. The Bertz CT molecular complexity index is 535. The fourth-order valence-corrected chi connectivity index (χ4v) is 1.72. The summed E-state index contributed by atoms with van der Waals surface area (Å²) in [4.78, 5) is 2.97. The summed E-state index contributed by atoms with van der Waals surface area (Å²) in [6.07, 6.45) is 3.61. The fourth-order valence-electron chi connectivity index (χ4n) is 1.72. The zero-order valence-corrected chi connectivity index (χ0v) is 10.7. The minimum absolute atomic E-state index is 0. The predicted molar refractivity (Wildman–Crippen MR) is 60.4 cm³/mol. The molecule has 3 heteroatoms. The number of aryl methyl sites for hydroxylation is 1. The minimum atomic E-state index is 0. The first-order valence-corrected chi connectivity index (χ1v) is 4.87. The Balaban J connectivity index is 0.00000128. The van der Waals surface area contributed by atoms with Crippen LogP contribution in [0.5, 0.6) is 0 Å². The monoisotopic (exact) mass is 247 g/mol. The molecule has 0 unspecified atom stereocenters. The Morgan fingerprint density at radius 1 is 1.12 bits per heavy atom. The van der Waals surface area contributed by atoms with Crippen molar-refractivity contribution in [2.75, 3.05) is 0 Å². The van der Waals surface area contributed by atoms with Gasteiger partial charge in [0.05, 0.1) is 5.56 Å². The van der Waals surface area contributed by atoms with Gasteiger partial charge in [0.1, 0.15) is 6.07 Å². The Morgan fingerprint density at radius 3 is 2.56 bits per heavy atom. The van der Waals surface area contributed by atoms with Crippen LogP contribution >= 0.6 is 0 Å². The average Bonchev–Trinajstić information content (AvgIpc) is 2.70. The van der Waals surface area contributed by atoms with Gasteiger partial charge in [0.25, 0.3) is 0 Å². The molecule has 1 aromatic carbocycles. The second kappa shape index (κ2) is 5.07. The maximum absolute atomic E-state index is 8.96. The van der Waals surface area contributed by atoms with Crippen LogP contribution in [0.15, 0.2) is 30.6 Å². The van der Waals surface area contributed by atoms with Crippen molar-refractivity contribution in [3.63, 3.8) is 0 Å². The first kappa shape index (κ1) is 12.6. The summed E-state index contributed by atoms with van der Waals surface area (Å²) in [6, 6.07) is 8.34. The molecular weight excluding hydrogens is 235 g/mol. The molecule has 0 aliphatic carbocycles. The molecule has 0 aliphatic rings. The number of H-pyrrole nitrogens is 1. The van der Waals surface area contributed by atoms with Crippen LogP contribution in [0.3, 0.4) is 0 Å². The first-order chi connectivity index (χ1) is 7.24. The molecule has 2 aromatic rings. The van der Waals surface area contributed by atoms with Gasteiger partial charge in [0, 0.05) is 36.5 Å². The average molecular weight is 247 g/mol. The molecule has 0 saturated carbocycles. The summed E-state index contributed by atoms with van der Waals surface area (Å²) in [7, 11) is 0. The van der Waals surface area contributed by atoms with E-state index in [1.54, 1.807) is 6.20 Å². The van der Waals surface area contributed by atoms with Gasteiger partial charge in [-0.1, -0.05) is 18.2 Å². The summed E-state index contributed by atoms with van der Waals surface area (Å²) >= 11 is 0. The van der Waals surface area contributed by atoms with Gasteiger partial charge in [-0.2, -0.15) is 5.26 Å². The molecule has 79 valence electrons. The Hall–Kier alpha value is -1.43. The van der Waals surface area contributed by atoms with Crippen LogP contribution in [0.25, 0.3) is 11.1 Å². The van der Waals surface area contributed by atoms with E-state index in [0.717, 1.165) is 11.1 Å². The molecule has 0 bridgehead atoms. The van der Waals surface area contributed by atoms with E-state index < -0.39 is 0 Å². The fraction of sp³-hybridized carbons (Fsp3) is 0.154. The molecule has 0 atom stereocenters. The van der Waals surface area contributed by atoms with E-state index in [2.05, 4.69) is 31.0 Å². The second-order valence-corrected chi connectivity index (χ2v) is 3.64. The zero-order valence-electron chi connectivity index (χ0n) is 9.28. The molecule has 0 aliphatic heterocycles. The predicted octanol–water partition coefficient (Wildman–Crippen LogP) is 3.17. The van der Waals surface area contributed by atoms with Crippen molar-refractivity contribution >= 4 is 0 Å². The quantitative estimate of drug-likeness (QED) is 0.826. The summed E-state index contributed by atoms with van der Waals surface area (Å²) in [6.45, 7) is 4.16. The molecule has 0 amide bonds. The Labute approximate surface area is 107 Å². The number of hydrogen-bond donors (Lipinski definition) is 1. The largest absolute Gasteiger partial charge is 0.366 e. The van der Waals surface area contributed by atoms with Gasteiger partial charge < -0.3 is 4.98 Å². The molecule has 2 rings (SSSR count). The number of nitriles is 1. The molecule has 1 radical (unpaired) electrons. The molecule has 0 saturated heterocycles. The van der Waals surface area contributed by atoms with Crippen molar-refractivity contribution < 1.29 is 18.6 Å². The number of hydrogen-bond acceptors (Lipinski definition) is 1. The van der Waals surface area contributed by atoms with Gasteiger partial charge in [0.2, 0.25) is 0 Å². The van der Waals surface area contributed by atoms with Crippen LogP contribution in [0, 0.1) is 25.2 Å². The first-order valence-electron chi connectivity index (χ1n) is 4.87. The van der Waals surface area contributed by atoms with E-state index in [9.17, 15) is 0 Å². The van der Waals surface area contributed by atoms with Crippen molar-refractivity contribution in [2.45, 2.75) is 13.8 Å². The normalized spacial score (nSPS) is 9.31. The van der Waals surface area contributed by atoms with Crippen molar-refractivity contribution in [3.05, 3.63) is 47.3 Å². The standard InChI is InChI=1S/C13H12N2.V/c1-9-4-3-5-12(10(9)2)13-8-15-7-11(13)6-14;/h3-5,7-8,15H,1-2H3;. The van der Waals surface area contributed by atoms with Crippen molar-refractivity contribution in [1.82, 2.24) is 4.98 Å². The van der Waals surface area contributed by atoms with E-state index in [0.29, 0.717) is 5.56 Å². The van der Waals surface area contributed by atoms with Crippen LogP contribution in [-0.4, -0.2) is 4.98 Å². The molecular formula is C13H12N2V. The molecule has 1 heterocycles. The topological polar surface area (TPSA) is 39.6 Å². The maximum atomic E-state index is 8.96. The number of benzene rings is 1. The van der Waals surface area contributed by atoms with E-state index in [4.69, 9.17) is 5.26 Å². The van der Waals surface area contributed by atoms with Gasteiger partial charge >= 0.3 is 0 Å². The zero-order chi connectivity index (χ0) is 10.8. The van der Waals surface area contributed by atoms with Gasteiger partial charge in [-0.15, -0.1) is 0 Å². The van der Waals surface area contributed by atoms with E-state index in [1.165, 1.54) is 11.1 Å². The number of aromatic nitrogens is 1. The smallest absolute Gasteiger partial charge is 0.101 e. The van der Waals surface area contributed by atoms with E-state index in [-0.39, 0.29) is 18.6 Å². The van der Waals surface area contributed by atoms with Crippen molar-refractivity contribution in [1.29, 1.82) is 5.26 Å². The second-order valence-electron chi connectivity index (χ2n) is 3.64. The summed E-state index contributed by atoms with van der Waals surface area (Å²) in [5, 5.41) is 8.96. The minimum Gasteiger partial charge on any atom is -0.366 e. The van der Waals surface area contributed by atoms with Gasteiger partial charge in [-0.05, 0) is 30.5 Å². The van der Waals surface area contributed by atoms with Crippen molar-refractivity contribution in [2.24, 2.45) is 0 Å². The van der Waals surface area contributed by atoms with Crippen LogP contribution < -0.4 is 0 Å². The molecule has 1 aromatic heterocycles. The number of rotatable bonds is 1. The van der Waals surface area contributed by atoms with Gasteiger partial charge in [-0.25, -0.2) is 0 Å². The van der Waals surface area contributed by atoms with E-state index >= 15 is 0 Å². The third-order valence-electron chi connectivity index (χ3n) is 2.76. The Kier molecular flexibility index (Phi) is 4.01. The Morgan fingerprint density at radius 2 is 1.88 bits per heavy atom.